The van der Waals surface area contributed by atoms with E-state index in [0.29, 0.717) is 17.2 Å². The van der Waals surface area contributed by atoms with Crippen molar-refractivity contribution >= 4 is 35.8 Å². The first-order valence-corrected chi connectivity index (χ1v) is 9.17. The predicted molar refractivity (Wildman–Crippen MR) is 105 cm³/mol. The van der Waals surface area contributed by atoms with E-state index in [2.05, 4.69) is 0 Å². The molecule has 5 nitrogen and oxygen atoms in total. The van der Waals surface area contributed by atoms with Gasteiger partial charge in [-0.05, 0) is 50.9 Å². The van der Waals surface area contributed by atoms with Crippen LogP contribution >= 0.6 is 11.8 Å². The summed E-state index contributed by atoms with van der Waals surface area (Å²) in [6.07, 6.45) is 1.94. The topological polar surface area (TPSA) is 70.8 Å². The Morgan fingerprint density at radius 1 is 1.28 bits per heavy atom. The maximum Gasteiger partial charge on any atom is 0.491 e. The smallest absolute Gasteiger partial charge is 0.491 e. The molecule has 2 rings (SSSR count). The predicted octanol–water partition coefficient (Wildman–Crippen LogP) is 3.57. The summed E-state index contributed by atoms with van der Waals surface area (Å²) in [5.41, 5.74) is 7.56. The monoisotopic (exact) mass is 363 g/mol. The van der Waals surface area contributed by atoms with Crippen LogP contribution in [0.1, 0.15) is 40.2 Å². The summed E-state index contributed by atoms with van der Waals surface area (Å²) in [5.74, 6) is 1.18. The number of carbonyl (C=O) groups excluding carboxylic acids is 1. The van der Waals surface area contributed by atoms with E-state index >= 15 is 0 Å². The van der Waals surface area contributed by atoms with Gasteiger partial charge in [0.15, 0.2) is 5.12 Å². The molecule has 0 aromatic heterocycles. The highest BCUT2D eigenvalue weighted by Gasteiger charge is 2.52. The number of anilines is 1. The van der Waals surface area contributed by atoms with Gasteiger partial charge in [0.25, 0.3) is 0 Å². The quantitative estimate of drug-likeness (QED) is 0.637. The van der Waals surface area contributed by atoms with Crippen LogP contribution in [0.15, 0.2) is 23.7 Å². The van der Waals surface area contributed by atoms with Gasteiger partial charge in [-0.2, -0.15) is 0 Å². The molecule has 0 saturated carbocycles. The molecular formula is C18H26BNO4S. The third-order valence-corrected chi connectivity index (χ3v) is 5.52. The zero-order chi connectivity index (χ0) is 18.8. The normalized spacial score (nSPS) is 19.1. The largest absolute Gasteiger partial charge is 0.497 e. The molecule has 1 saturated heterocycles. The molecule has 136 valence electrons. The Balaban J connectivity index is 2.35. The van der Waals surface area contributed by atoms with Crippen molar-refractivity contribution < 1.29 is 18.8 Å². The lowest BCUT2D eigenvalue weighted by molar-refractivity contribution is -0.109. The van der Waals surface area contributed by atoms with Gasteiger partial charge in [0.05, 0.1) is 18.3 Å². The fourth-order valence-corrected chi connectivity index (χ4v) is 2.96. The van der Waals surface area contributed by atoms with Crippen molar-refractivity contribution in [3.63, 3.8) is 0 Å². The number of nitrogens with two attached hydrogens (primary N) is 1. The van der Waals surface area contributed by atoms with Crippen LogP contribution in [-0.4, -0.2) is 36.3 Å². The molecule has 1 aliphatic heterocycles. The summed E-state index contributed by atoms with van der Waals surface area (Å²) < 4.78 is 17.5. The van der Waals surface area contributed by atoms with E-state index in [9.17, 15) is 4.79 Å². The van der Waals surface area contributed by atoms with Gasteiger partial charge in [-0.1, -0.05) is 17.8 Å². The minimum absolute atomic E-state index is 0.0464. The highest BCUT2D eigenvalue weighted by atomic mass is 32.2. The summed E-state index contributed by atoms with van der Waals surface area (Å²) in [5, 5.41) is 0.0464. The molecule has 1 aromatic rings. The lowest BCUT2D eigenvalue weighted by Gasteiger charge is -2.32. The zero-order valence-corrected chi connectivity index (χ0v) is 16.5. The first kappa shape index (κ1) is 19.9. The summed E-state index contributed by atoms with van der Waals surface area (Å²) in [4.78, 5) is 11.4. The zero-order valence-electron chi connectivity index (χ0n) is 15.7. The summed E-state index contributed by atoms with van der Waals surface area (Å²) >= 11 is 1.23. The third-order valence-electron chi connectivity index (χ3n) is 4.63. The van der Waals surface area contributed by atoms with Gasteiger partial charge in [-0.25, -0.2) is 0 Å². The molecule has 25 heavy (non-hydrogen) atoms. The van der Waals surface area contributed by atoms with E-state index in [1.165, 1.54) is 11.8 Å². The van der Waals surface area contributed by atoms with Gasteiger partial charge < -0.3 is 19.8 Å². The van der Waals surface area contributed by atoms with E-state index in [4.69, 9.17) is 19.8 Å². The second-order valence-corrected chi connectivity index (χ2v) is 8.23. The van der Waals surface area contributed by atoms with Crippen LogP contribution in [0.25, 0.3) is 6.08 Å². The number of benzene rings is 1. The lowest BCUT2D eigenvalue weighted by Crippen LogP contribution is -2.41. The highest BCUT2D eigenvalue weighted by Crippen LogP contribution is 2.39. The van der Waals surface area contributed by atoms with Gasteiger partial charge in [0.1, 0.15) is 5.75 Å². The SMILES string of the molecule is COc1ccc(C=C(CSC(C)=O)B2OC(C)(C)C(C)(C)O2)c(N)c1. The number of carbonyl (C=O) groups is 1. The summed E-state index contributed by atoms with van der Waals surface area (Å²) in [7, 11) is 1.09. The van der Waals surface area contributed by atoms with E-state index in [1.807, 2.05) is 45.9 Å². The Labute approximate surface area is 154 Å². The molecule has 1 aromatic carbocycles. The minimum Gasteiger partial charge on any atom is -0.497 e. The number of methoxy groups -OCH3 is 1. The Hall–Kier alpha value is -1.44. The van der Waals surface area contributed by atoms with Gasteiger partial charge in [-0.15, -0.1) is 0 Å². The molecule has 0 aliphatic carbocycles. The van der Waals surface area contributed by atoms with Gasteiger partial charge in [0, 0.05) is 24.4 Å². The Morgan fingerprint density at radius 3 is 2.36 bits per heavy atom. The minimum atomic E-state index is -0.515. The third kappa shape index (κ3) is 4.60. The number of nitrogen functional groups attached to an aromatic ring is 1. The van der Waals surface area contributed by atoms with Crippen molar-refractivity contribution in [3.8, 4) is 5.75 Å². The molecule has 0 radical (unpaired) electrons. The molecule has 0 bridgehead atoms. The highest BCUT2D eigenvalue weighted by molar-refractivity contribution is 8.13. The van der Waals surface area contributed by atoms with Crippen molar-refractivity contribution in [2.75, 3.05) is 18.6 Å². The van der Waals surface area contributed by atoms with Crippen molar-refractivity contribution in [1.82, 2.24) is 0 Å². The van der Waals surface area contributed by atoms with Crippen LogP contribution in [-0.2, 0) is 14.1 Å². The number of hydrogen-bond donors (Lipinski definition) is 1. The Kier molecular flexibility index (Phi) is 5.91. The molecular weight excluding hydrogens is 337 g/mol. The first-order valence-electron chi connectivity index (χ1n) is 8.19. The summed E-state index contributed by atoms with van der Waals surface area (Å²) in [6, 6.07) is 5.51. The molecule has 7 heteroatoms. The van der Waals surface area contributed by atoms with Gasteiger partial charge in [0.2, 0.25) is 0 Å². The number of ether oxygens (including phenoxy) is 1. The number of rotatable bonds is 5. The second-order valence-electron chi connectivity index (χ2n) is 7.08. The van der Waals surface area contributed by atoms with Crippen molar-refractivity contribution in [2.45, 2.75) is 45.8 Å². The maximum atomic E-state index is 11.4. The lowest BCUT2D eigenvalue weighted by atomic mass is 9.78. The Bertz CT molecular complexity index is 672. The molecule has 0 spiro atoms. The van der Waals surface area contributed by atoms with E-state index in [1.54, 1.807) is 20.1 Å². The molecule has 1 fully saturated rings. The molecule has 1 heterocycles. The molecule has 1 aliphatic rings. The number of thioether (sulfide) groups is 1. The molecule has 2 N–H and O–H groups in total. The van der Waals surface area contributed by atoms with E-state index in [-0.39, 0.29) is 5.12 Å². The molecule has 0 unspecified atom stereocenters. The van der Waals surface area contributed by atoms with Crippen LogP contribution < -0.4 is 10.5 Å². The first-order chi connectivity index (χ1) is 11.6. The van der Waals surface area contributed by atoms with Crippen molar-refractivity contribution in [1.29, 1.82) is 0 Å². The standard InChI is InChI=1S/C18H26BNO4S/c1-12(21)25-11-14(19-23-17(2,3)18(4,5)24-19)9-13-7-8-15(22-6)10-16(13)20/h7-10H,11,20H2,1-6H3. The fourth-order valence-electron chi connectivity index (χ4n) is 2.37. The van der Waals surface area contributed by atoms with Crippen molar-refractivity contribution in [3.05, 3.63) is 29.2 Å². The fraction of sp³-hybridized carbons (Fsp3) is 0.500. The van der Waals surface area contributed by atoms with E-state index in [0.717, 1.165) is 11.0 Å². The maximum absolute atomic E-state index is 11.4. The van der Waals surface area contributed by atoms with E-state index < -0.39 is 18.3 Å². The van der Waals surface area contributed by atoms with Gasteiger partial charge >= 0.3 is 7.12 Å². The van der Waals surface area contributed by atoms with Crippen LogP contribution in [0.2, 0.25) is 0 Å². The van der Waals surface area contributed by atoms with Crippen LogP contribution in [0.4, 0.5) is 5.69 Å². The molecule has 0 atom stereocenters. The average molecular weight is 363 g/mol. The van der Waals surface area contributed by atoms with Crippen molar-refractivity contribution in [2.24, 2.45) is 0 Å². The average Bonchev–Trinajstić information content (AvgIpc) is 2.72. The van der Waals surface area contributed by atoms with Crippen LogP contribution in [0.3, 0.4) is 0 Å². The second kappa shape index (κ2) is 7.44. The molecule has 0 amide bonds. The Morgan fingerprint density at radius 2 is 1.88 bits per heavy atom. The van der Waals surface area contributed by atoms with Crippen LogP contribution in [0, 0.1) is 0 Å². The van der Waals surface area contributed by atoms with Crippen LogP contribution in [0.5, 0.6) is 5.75 Å². The number of hydrogen-bond acceptors (Lipinski definition) is 6. The summed E-state index contributed by atoms with van der Waals surface area (Å²) in [6.45, 7) is 9.57. The van der Waals surface area contributed by atoms with Gasteiger partial charge in [-0.3, -0.25) is 4.79 Å².